The molecule has 0 unspecified atom stereocenters. The van der Waals surface area contributed by atoms with Gasteiger partial charge in [0.15, 0.2) is 0 Å². The summed E-state index contributed by atoms with van der Waals surface area (Å²) in [6, 6.07) is 0. The minimum absolute atomic E-state index is 0.200. The van der Waals surface area contributed by atoms with Crippen molar-refractivity contribution in [2.75, 3.05) is 6.54 Å². The molecule has 0 amide bonds. The van der Waals surface area contributed by atoms with Gasteiger partial charge in [0.2, 0.25) is 0 Å². The lowest BCUT2D eigenvalue weighted by Crippen LogP contribution is -2.11. The van der Waals surface area contributed by atoms with Crippen molar-refractivity contribution in [3.63, 3.8) is 0 Å². The Hall–Kier alpha value is -0.520. The van der Waals surface area contributed by atoms with Gasteiger partial charge < -0.3 is 10.8 Å². The summed E-state index contributed by atoms with van der Waals surface area (Å²) < 4.78 is 3.57. The van der Waals surface area contributed by atoms with E-state index >= 15 is 0 Å². The summed E-state index contributed by atoms with van der Waals surface area (Å²) in [6.45, 7) is 0.200. The number of nitrogens with zero attached hydrogens (tertiary/aromatic N) is 2. The molecule has 0 aliphatic heterocycles. The van der Waals surface area contributed by atoms with Crippen LogP contribution in [0.15, 0.2) is 5.38 Å². The Morgan fingerprint density at radius 1 is 1.89 bits per heavy atom. The van der Waals surface area contributed by atoms with Crippen molar-refractivity contribution in [2.45, 2.75) is 6.10 Å². The zero-order valence-electron chi connectivity index (χ0n) is 4.69. The highest BCUT2D eigenvalue weighted by Crippen LogP contribution is 2.07. The van der Waals surface area contributed by atoms with Crippen LogP contribution in [0.1, 0.15) is 11.8 Å². The molecular formula is C4H7N3OS. The van der Waals surface area contributed by atoms with Crippen LogP contribution in [0.25, 0.3) is 0 Å². The van der Waals surface area contributed by atoms with Gasteiger partial charge in [-0.05, 0) is 11.5 Å². The zero-order valence-corrected chi connectivity index (χ0v) is 5.51. The number of rotatable bonds is 2. The molecule has 1 aromatic rings. The summed E-state index contributed by atoms with van der Waals surface area (Å²) >= 11 is 1.21. The van der Waals surface area contributed by atoms with Crippen molar-refractivity contribution in [1.82, 2.24) is 9.59 Å². The van der Waals surface area contributed by atoms with E-state index in [9.17, 15) is 0 Å². The molecule has 0 aliphatic carbocycles. The van der Waals surface area contributed by atoms with E-state index in [1.165, 1.54) is 11.5 Å². The SMILES string of the molecule is NC[C@@H](O)c1csnn1. The molecule has 50 valence electrons. The molecule has 1 aromatic heterocycles. The molecule has 3 N–H and O–H groups in total. The van der Waals surface area contributed by atoms with E-state index in [-0.39, 0.29) is 6.54 Å². The molecule has 0 aliphatic rings. The van der Waals surface area contributed by atoms with E-state index in [1.54, 1.807) is 5.38 Å². The average molecular weight is 145 g/mol. The van der Waals surface area contributed by atoms with Gasteiger partial charge in [-0.3, -0.25) is 0 Å². The second kappa shape index (κ2) is 2.86. The summed E-state index contributed by atoms with van der Waals surface area (Å²) in [6.07, 6.45) is -0.649. The molecule has 1 rings (SSSR count). The van der Waals surface area contributed by atoms with E-state index in [0.29, 0.717) is 5.69 Å². The van der Waals surface area contributed by atoms with Crippen molar-refractivity contribution in [3.05, 3.63) is 11.1 Å². The quantitative estimate of drug-likeness (QED) is 0.590. The van der Waals surface area contributed by atoms with E-state index < -0.39 is 6.10 Å². The highest BCUT2D eigenvalue weighted by atomic mass is 32.1. The van der Waals surface area contributed by atoms with Gasteiger partial charge in [-0.2, -0.15) is 0 Å². The Morgan fingerprint density at radius 3 is 3.11 bits per heavy atom. The fourth-order valence-corrected chi connectivity index (χ4v) is 0.939. The fourth-order valence-electron chi connectivity index (χ4n) is 0.438. The van der Waals surface area contributed by atoms with Gasteiger partial charge in [-0.25, -0.2) is 0 Å². The minimum atomic E-state index is -0.649. The predicted octanol–water partition coefficient (Wildman–Crippen LogP) is -0.470. The summed E-state index contributed by atoms with van der Waals surface area (Å²) in [7, 11) is 0. The van der Waals surface area contributed by atoms with E-state index in [0.717, 1.165) is 0 Å². The van der Waals surface area contributed by atoms with E-state index in [2.05, 4.69) is 9.59 Å². The molecule has 9 heavy (non-hydrogen) atoms. The lowest BCUT2D eigenvalue weighted by Gasteiger charge is -1.99. The summed E-state index contributed by atoms with van der Waals surface area (Å²) in [5.74, 6) is 0. The van der Waals surface area contributed by atoms with Crippen LogP contribution in [0.4, 0.5) is 0 Å². The number of hydrogen-bond donors (Lipinski definition) is 2. The van der Waals surface area contributed by atoms with Gasteiger partial charge >= 0.3 is 0 Å². The van der Waals surface area contributed by atoms with Crippen LogP contribution in [-0.2, 0) is 0 Å². The van der Waals surface area contributed by atoms with Gasteiger partial charge in [-0.1, -0.05) is 4.49 Å². The monoisotopic (exact) mass is 145 g/mol. The van der Waals surface area contributed by atoms with E-state index in [4.69, 9.17) is 10.8 Å². The van der Waals surface area contributed by atoms with Crippen LogP contribution in [0.3, 0.4) is 0 Å². The van der Waals surface area contributed by atoms with E-state index in [1.807, 2.05) is 0 Å². The number of aliphatic hydroxyl groups is 1. The number of hydrogen-bond acceptors (Lipinski definition) is 5. The number of aromatic nitrogens is 2. The third kappa shape index (κ3) is 1.44. The molecule has 0 radical (unpaired) electrons. The first-order valence-corrected chi connectivity index (χ1v) is 3.33. The summed E-state index contributed by atoms with van der Waals surface area (Å²) in [4.78, 5) is 0. The van der Waals surface area contributed by atoms with Gasteiger partial charge in [0.05, 0.1) is 0 Å². The Bertz CT molecular complexity index is 164. The van der Waals surface area contributed by atoms with Crippen molar-refractivity contribution >= 4 is 11.5 Å². The summed E-state index contributed by atoms with van der Waals surface area (Å²) in [5.41, 5.74) is 5.71. The van der Waals surface area contributed by atoms with Crippen LogP contribution in [0.5, 0.6) is 0 Å². The molecule has 1 atom stereocenters. The smallest absolute Gasteiger partial charge is 0.111 e. The fraction of sp³-hybridized carbons (Fsp3) is 0.500. The maximum Gasteiger partial charge on any atom is 0.111 e. The molecular weight excluding hydrogens is 138 g/mol. The topological polar surface area (TPSA) is 72.0 Å². The predicted molar refractivity (Wildman–Crippen MR) is 33.9 cm³/mol. The van der Waals surface area contributed by atoms with Crippen molar-refractivity contribution in [2.24, 2.45) is 5.73 Å². The maximum atomic E-state index is 9.00. The first-order chi connectivity index (χ1) is 4.34. The molecule has 0 fully saturated rings. The second-order valence-corrected chi connectivity index (χ2v) is 2.19. The molecule has 0 saturated heterocycles. The second-order valence-electron chi connectivity index (χ2n) is 1.58. The first kappa shape index (κ1) is 6.60. The van der Waals surface area contributed by atoms with Crippen LogP contribution in [-0.4, -0.2) is 21.2 Å². The van der Waals surface area contributed by atoms with Crippen LogP contribution < -0.4 is 5.73 Å². The van der Waals surface area contributed by atoms with Gasteiger partial charge in [0, 0.05) is 11.9 Å². The Balaban J connectivity index is 2.65. The summed E-state index contributed by atoms with van der Waals surface area (Å²) in [5, 5.41) is 14.3. The molecule has 0 aromatic carbocycles. The normalized spacial score (nSPS) is 13.6. The van der Waals surface area contributed by atoms with Gasteiger partial charge in [-0.15, -0.1) is 5.10 Å². The van der Waals surface area contributed by atoms with Crippen LogP contribution in [0, 0.1) is 0 Å². The standard InChI is InChI=1S/C4H7N3OS/c5-1-4(8)3-2-9-7-6-3/h2,4,8H,1,5H2/t4-/m1/s1. The molecule has 0 saturated carbocycles. The van der Waals surface area contributed by atoms with Crippen molar-refractivity contribution in [3.8, 4) is 0 Å². The average Bonchev–Trinajstić information content (AvgIpc) is 2.37. The Labute approximate surface area is 56.5 Å². The molecule has 0 spiro atoms. The van der Waals surface area contributed by atoms with Crippen LogP contribution in [0.2, 0.25) is 0 Å². The molecule has 5 heteroatoms. The Morgan fingerprint density at radius 2 is 2.67 bits per heavy atom. The highest BCUT2D eigenvalue weighted by molar-refractivity contribution is 7.03. The lowest BCUT2D eigenvalue weighted by atomic mass is 10.3. The maximum absolute atomic E-state index is 9.00. The Kier molecular flexibility index (Phi) is 2.10. The third-order valence-corrected chi connectivity index (χ3v) is 1.46. The minimum Gasteiger partial charge on any atom is -0.385 e. The number of nitrogens with two attached hydrogens (primary N) is 1. The van der Waals surface area contributed by atoms with Crippen molar-refractivity contribution < 1.29 is 5.11 Å². The van der Waals surface area contributed by atoms with Crippen LogP contribution >= 0.6 is 11.5 Å². The molecule has 1 heterocycles. The van der Waals surface area contributed by atoms with Gasteiger partial charge in [0.25, 0.3) is 0 Å². The largest absolute Gasteiger partial charge is 0.385 e. The lowest BCUT2D eigenvalue weighted by molar-refractivity contribution is 0.182. The molecule has 4 nitrogen and oxygen atoms in total. The van der Waals surface area contributed by atoms with Crippen molar-refractivity contribution in [1.29, 1.82) is 0 Å². The zero-order chi connectivity index (χ0) is 6.69. The molecule has 0 bridgehead atoms. The first-order valence-electron chi connectivity index (χ1n) is 2.49. The third-order valence-electron chi connectivity index (χ3n) is 0.942. The van der Waals surface area contributed by atoms with Gasteiger partial charge in [0.1, 0.15) is 11.8 Å². The number of aliphatic hydroxyl groups excluding tert-OH is 1. The highest BCUT2D eigenvalue weighted by Gasteiger charge is 2.06.